The first kappa shape index (κ1) is 16.0. The number of benzene rings is 1. The SMILES string of the molecule is OC(CNCCc1ncno1)COc1ccc(Cl)cc1Cl. The average molecular weight is 332 g/mol. The molecular formula is C13H15Cl2N3O3. The number of aliphatic hydroxyl groups excluding tert-OH is 1. The Morgan fingerprint density at radius 2 is 2.24 bits per heavy atom. The number of nitrogens with one attached hydrogen (secondary N) is 1. The molecule has 21 heavy (non-hydrogen) atoms. The van der Waals surface area contributed by atoms with Gasteiger partial charge in [-0.3, -0.25) is 0 Å². The van der Waals surface area contributed by atoms with Crippen molar-refractivity contribution in [1.82, 2.24) is 15.5 Å². The van der Waals surface area contributed by atoms with Gasteiger partial charge in [-0.15, -0.1) is 0 Å². The quantitative estimate of drug-likeness (QED) is 0.719. The lowest BCUT2D eigenvalue weighted by molar-refractivity contribution is 0.106. The average Bonchev–Trinajstić information content (AvgIpc) is 2.96. The van der Waals surface area contributed by atoms with Gasteiger partial charge in [0.15, 0.2) is 6.33 Å². The molecule has 1 unspecified atom stereocenters. The molecule has 1 heterocycles. The summed E-state index contributed by atoms with van der Waals surface area (Å²) in [5, 5.41) is 17.3. The summed E-state index contributed by atoms with van der Waals surface area (Å²) in [6.07, 6.45) is 1.31. The number of halogens is 2. The summed E-state index contributed by atoms with van der Waals surface area (Å²) in [7, 11) is 0. The lowest BCUT2D eigenvalue weighted by atomic mass is 10.3. The Morgan fingerprint density at radius 1 is 1.38 bits per heavy atom. The maximum Gasteiger partial charge on any atom is 0.227 e. The molecule has 0 radical (unpaired) electrons. The van der Waals surface area contributed by atoms with Crippen LogP contribution in [0.5, 0.6) is 5.75 Å². The molecule has 0 aliphatic rings. The molecular weight excluding hydrogens is 317 g/mol. The van der Waals surface area contributed by atoms with E-state index in [1.54, 1.807) is 18.2 Å². The van der Waals surface area contributed by atoms with Crippen molar-refractivity contribution < 1.29 is 14.4 Å². The van der Waals surface area contributed by atoms with Gasteiger partial charge >= 0.3 is 0 Å². The third-order valence-electron chi connectivity index (χ3n) is 2.63. The summed E-state index contributed by atoms with van der Waals surface area (Å²) in [6, 6.07) is 4.94. The molecule has 0 saturated heterocycles. The second-order valence-electron chi connectivity index (χ2n) is 4.33. The normalized spacial score (nSPS) is 12.3. The molecule has 0 aliphatic heterocycles. The third kappa shape index (κ3) is 5.51. The van der Waals surface area contributed by atoms with E-state index in [1.807, 2.05) is 0 Å². The highest BCUT2D eigenvalue weighted by atomic mass is 35.5. The van der Waals surface area contributed by atoms with E-state index in [0.29, 0.717) is 41.2 Å². The molecule has 0 fully saturated rings. The minimum Gasteiger partial charge on any atom is -0.489 e. The minimum absolute atomic E-state index is 0.134. The van der Waals surface area contributed by atoms with Gasteiger partial charge in [-0.2, -0.15) is 4.98 Å². The number of hydrogen-bond acceptors (Lipinski definition) is 6. The van der Waals surface area contributed by atoms with Crippen LogP contribution in [0, 0.1) is 0 Å². The topological polar surface area (TPSA) is 80.4 Å². The van der Waals surface area contributed by atoms with Crippen LogP contribution in [-0.4, -0.2) is 41.0 Å². The summed E-state index contributed by atoms with van der Waals surface area (Å²) in [6.45, 7) is 1.15. The first-order valence-electron chi connectivity index (χ1n) is 6.37. The van der Waals surface area contributed by atoms with Crippen molar-refractivity contribution in [3.63, 3.8) is 0 Å². The molecule has 1 aromatic heterocycles. The molecule has 0 amide bonds. The van der Waals surface area contributed by atoms with Crippen molar-refractivity contribution in [2.24, 2.45) is 0 Å². The molecule has 8 heteroatoms. The van der Waals surface area contributed by atoms with Crippen molar-refractivity contribution in [3.8, 4) is 5.75 Å². The Bertz CT molecular complexity index is 552. The van der Waals surface area contributed by atoms with Gasteiger partial charge in [-0.1, -0.05) is 28.4 Å². The highest BCUT2D eigenvalue weighted by Crippen LogP contribution is 2.27. The van der Waals surface area contributed by atoms with Crippen LogP contribution in [0.25, 0.3) is 0 Å². The zero-order valence-electron chi connectivity index (χ0n) is 11.1. The van der Waals surface area contributed by atoms with Gasteiger partial charge in [0.1, 0.15) is 18.5 Å². The minimum atomic E-state index is -0.653. The van der Waals surface area contributed by atoms with Crippen molar-refractivity contribution in [2.75, 3.05) is 19.7 Å². The van der Waals surface area contributed by atoms with Crippen LogP contribution in [0.15, 0.2) is 29.0 Å². The van der Waals surface area contributed by atoms with Crippen molar-refractivity contribution >= 4 is 23.2 Å². The highest BCUT2D eigenvalue weighted by Gasteiger charge is 2.08. The van der Waals surface area contributed by atoms with E-state index in [4.69, 9.17) is 32.5 Å². The molecule has 0 saturated carbocycles. The Morgan fingerprint density at radius 3 is 2.95 bits per heavy atom. The standard InChI is InChI=1S/C13H15Cl2N3O3/c14-9-1-2-12(11(15)5-9)20-7-10(19)6-16-4-3-13-17-8-18-21-13/h1-2,5,8,10,16,19H,3-4,6-7H2. The number of aromatic nitrogens is 2. The summed E-state index contributed by atoms with van der Waals surface area (Å²) in [5.41, 5.74) is 0. The van der Waals surface area contributed by atoms with Crippen LogP contribution in [0.3, 0.4) is 0 Å². The molecule has 1 atom stereocenters. The fourth-order valence-electron chi connectivity index (χ4n) is 1.61. The molecule has 0 bridgehead atoms. The fraction of sp³-hybridized carbons (Fsp3) is 0.385. The first-order chi connectivity index (χ1) is 10.1. The van der Waals surface area contributed by atoms with E-state index in [1.165, 1.54) is 6.33 Å². The van der Waals surface area contributed by atoms with E-state index in [-0.39, 0.29) is 6.61 Å². The zero-order chi connectivity index (χ0) is 15.1. The van der Waals surface area contributed by atoms with Crippen molar-refractivity contribution in [3.05, 3.63) is 40.5 Å². The van der Waals surface area contributed by atoms with E-state index in [2.05, 4.69) is 15.5 Å². The maximum atomic E-state index is 9.81. The predicted octanol–water partition coefficient (Wildman–Crippen LogP) is 1.95. The van der Waals surface area contributed by atoms with Crippen molar-refractivity contribution in [2.45, 2.75) is 12.5 Å². The van der Waals surface area contributed by atoms with E-state index < -0.39 is 6.10 Å². The largest absolute Gasteiger partial charge is 0.489 e. The molecule has 0 aliphatic carbocycles. The molecule has 6 nitrogen and oxygen atoms in total. The Hall–Kier alpha value is -1.34. The fourth-order valence-corrected chi connectivity index (χ4v) is 2.07. The van der Waals surface area contributed by atoms with E-state index in [0.717, 1.165) is 0 Å². The van der Waals surface area contributed by atoms with E-state index >= 15 is 0 Å². The Kier molecular flexibility index (Phi) is 6.25. The second-order valence-corrected chi connectivity index (χ2v) is 5.17. The maximum absolute atomic E-state index is 9.81. The first-order valence-corrected chi connectivity index (χ1v) is 7.13. The molecule has 2 N–H and O–H groups in total. The van der Waals surface area contributed by atoms with Crippen LogP contribution in [0.1, 0.15) is 5.89 Å². The number of ether oxygens (including phenoxy) is 1. The number of nitrogens with zero attached hydrogens (tertiary/aromatic N) is 2. The van der Waals surface area contributed by atoms with Crippen LogP contribution >= 0.6 is 23.2 Å². The number of aliphatic hydroxyl groups is 1. The van der Waals surface area contributed by atoms with Crippen LogP contribution < -0.4 is 10.1 Å². The van der Waals surface area contributed by atoms with Gasteiger partial charge < -0.3 is 19.7 Å². The lowest BCUT2D eigenvalue weighted by Gasteiger charge is -2.13. The highest BCUT2D eigenvalue weighted by molar-refractivity contribution is 6.35. The summed E-state index contributed by atoms with van der Waals surface area (Å²) < 4.78 is 10.3. The zero-order valence-corrected chi connectivity index (χ0v) is 12.6. The van der Waals surface area contributed by atoms with Crippen molar-refractivity contribution in [1.29, 1.82) is 0 Å². The summed E-state index contributed by atoms with van der Waals surface area (Å²) >= 11 is 11.8. The van der Waals surface area contributed by atoms with Gasteiger partial charge in [-0.05, 0) is 18.2 Å². The summed E-state index contributed by atoms with van der Waals surface area (Å²) in [4.78, 5) is 3.90. The van der Waals surface area contributed by atoms with Gasteiger partial charge in [0.2, 0.25) is 5.89 Å². The third-order valence-corrected chi connectivity index (χ3v) is 3.16. The Balaban J connectivity index is 1.64. The van der Waals surface area contributed by atoms with Gasteiger partial charge in [0.05, 0.1) is 5.02 Å². The second kappa shape index (κ2) is 8.19. The number of rotatable bonds is 8. The molecule has 0 spiro atoms. The van der Waals surface area contributed by atoms with E-state index in [9.17, 15) is 5.11 Å². The monoisotopic (exact) mass is 331 g/mol. The molecule has 1 aromatic carbocycles. The van der Waals surface area contributed by atoms with Crippen LogP contribution in [0.2, 0.25) is 10.0 Å². The van der Waals surface area contributed by atoms with Gasteiger partial charge in [0, 0.05) is 24.5 Å². The lowest BCUT2D eigenvalue weighted by Crippen LogP contribution is -2.32. The van der Waals surface area contributed by atoms with Gasteiger partial charge in [0.25, 0.3) is 0 Å². The smallest absolute Gasteiger partial charge is 0.227 e. The predicted molar refractivity (Wildman–Crippen MR) is 78.8 cm³/mol. The molecule has 2 rings (SSSR count). The summed E-state index contributed by atoms with van der Waals surface area (Å²) in [5.74, 6) is 1.05. The Labute approximate surface area is 132 Å². The molecule has 2 aromatic rings. The van der Waals surface area contributed by atoms with Crippen LogP contribution in [0.4, 0.5) is 0 Å². The van der Waals surface area contributed by atoms with Gasteiger partial charge in [-0.25, -0.2) is 0 Å². The molecule has 114 valence electrons. The van der Waals surface area contributed by atoms with Crippen LogP contribution in [-0.2, 0) is 6.42 Å². The number of hydrogen-bond donors (Lipinski definition) is 2.